The second-order valence-corrected chi connectivity index (χ2v) is 7.91. The summed E-state index contributed by atoms with van der Waals surface area (Å²) in [5.41, 5.74) is 10.0. The fraction of sp³-hybridized carbons (Fsp3) is 0.200. The molecule has 1 aliphatic carbocycles. The molecular weight excluding hydrogens is 439 g/mol. The number of nitrogens with one attached hydrogen (secondary N) is 3. The van der Waals surface area contributed by atoms with Crippen LogP contribution in [0.15, 0.2) is 58.0 Å². The zero-order valence-corrected chi connectivity index (χ0v) is 18.7. The lowest BCUT2D eigenvalue weighted by molar-refractivity contribution is 0.0827. The highest BCUT2D eigenvalue weighted by Crippen LogP contribution is 2.29. The van der Waals surface area contributed by atoms with E-state index in [9.17, 15) is 18.8 Å². The molecule has 174 valence electrons. The van der Waals surface area contributed by atoms with Gasteiger partial charge < -0.3 is 4.42 Å². The highest BCUT2D eigenvalue weighted by Gasteiger charge is 2.28. The van der Waals surface area contributed by atoms with Crippen LogP contribution < -0.4 is 16.3 Å². The van der Waals surface area contributed by atoms with Crippen molar-refractivity contribution in [2.45, 2.75) is 33.1 Å². The van der Waals surface area contributed by atoms with Crippen molar-refractivity contribution in [2.24, 2.45) is 5.10 Å². The maximum atomic E-state index is 13.8. The minimum Gasteiger partial charge on any atom is -0.455 e. The van der Waals surface area contributed by atoms with Crippen LogP contribution in [0.4, 0.5) is 4.39 Å². The molecule has 34 heavy (non-hydrogen) atoms. The number of benzene rings is 2. The summed E-state index contributed by atoms with van der Waals surface area (Å²) in [5, 5.41) is 4.31. The van der Waals surface area contributed by atoms with E-state index in [2.05, 4.69) is 21.4 Å². The highest BCUT2D eigenvalue weighted by atomic mass is 19.1. The number of carbonyl (C=O) groups excluding carboxylic acids is 3. The molecule has 8 nitrogen and oxygen atoms in total. The number of fused-ring (bicyclic) bond motifs is 1. The minimum atomic E-state index is -0.790. The normalized spacial score (nSPS) is 13.8. The molecule has 3 aromatic rings. The number of furan rings is 1. The van der Waals surface area contributed by atoms with Gasteiger partial charge in [0.2, 0.25) is 0 Å². The first-order valence-corrected chi connectivity index (χ1v) is 10.8. The van der Waals surface area contributed by atoms with Crippen LogP contribution in [0.1, 0.15) is 66.6 Å². The van der Waals surface area contributed by atoms with Gasteiger partial charge in [-0.2, -0.15) is 5.10 Å². The van der Waals surface area contributed by atoms with Gasteiger partial charge in [0.05, 0.1) is 11.3 Å². The molecule has 9 heteroatoms. The van der Waals surface area contributed by atoms with Gasteiger partial charge in [-0.3, -0.25) is 25.2 Å². The molecule has 0 atom stereocenters. The Morgan fingerprint density at radius 3 is 2.29 bits per heavy atom. The predicted molar refractivity (Wildman–Crippen MR) is 123 cm³/mol. The first kappa shape index (κ1) is 22.9. The number of hydrazine groups is 1. The van der Waals surface area contributed by atoms with E-state index in [0.29, 0.717) is 41.0 Å². The van der Waals surface area contributed by atoms with Crippen LogP contribution in [0.2, 0.25) is 0 Å². The monoisotopic (exact) mass is 462 g/mol. The van der Waals surface area contributed by atoms with Crippen LogP contribution in [-0.4, -0.2) is 23.4 Å². The molecule has 0 saturated carbocycles. The molecule has 0 spiro atoms. The molecule has 0 aliphatic heterocycles. The van der Waals surface area contributed by atoms with E-state index >= 15 is 0 Å². The van der Waals surface area contributed by atoms with E-state index in [1.54, 1.807) is 19.1 Å². The molecule has 1 aliphatic rings. The zero-order chi connectivity index (χ0) is 24.2. The Morgan fingerprint density at radius 1 is 0.882 bits per heavy atom. The van der Waals surface area contributed by atoms with E-state index in [1.807, 2.05) is 19.1 Å². The second-order valence-electron chi connectivity index (χ2n) is 7.91. The van der Waals surface area contributed by atoms with Crippen molar-refractivity contribution in [3.63, 3.8) is 0 Å². The number of aryl methyl sites for hydroxylation is 2. The maximum Gasteiger partial charge on any atom is 0.305 e. The van der Waals surface area contributed by atoms with Crippen LogP contribution in [0.3, 0.4) is 0 Å². The molecule has 1 aromatic heterocycles. The van der Waals surface area contributed by atoms with Gasteiger partial charge in [0.15, 0.2) is 5.76 Å². The SMILES string of the molecule is Cc1ccccc1C(=O)N/N=C1\CCCc2oc(C(=O)NNC(=O)c3ccccc3F)c(C)c21. The van der Waals surface area contributed by atoms with Crippen molar-refractivity contribution in [3.05, 3.63) is 93.7 Å². The van der Waals surface area contributed by atoms with E-state index in [4.69, 9.17) is 4.42 Å². The third-order valence-corrected chi connectivity index (χ3v) is 5.62. The number of rotatable bonds is 4. The highest BCUT2D eigenvalue weighted by molar-refractivity contribution is 6.07. The third-order valence-electron chi connectivity index (χ3n) is 5.62. The molecule has 3 N–H and O–H groups in total. The molecular formula is C25H23FN4O4. The molecule has 2 aromatic carbocycles. The van der Waals surface area contributed by atoms with Gasteiger partial charge >= 0.3 is 5.91 Å². The van der Waals surface area contributed by atoms with Crippen LogP contribution in [-0.2, 0) is 6.42 Å². The van der Waals surface area contributed by atoms with Crippen molar-refractivity contribution < 1.29 is 23.2 Å². The van der Waals surface area contributed by atoms with Gasteiger partial charge in [-0.05, 0) is 50.5 Å². The molecule has 1 heterocycles. The van der Waals surface area contributed by atoms with Crippen molar-refractivity contribution in [1.29, 1.82) is 0 Å². The summed E-state index contributed by atoms with van der Waals surface area (Å²) in [6.07, 6.45) is 1.95. The zero-order valence-electron chi connectivity index (χ0n) is 18.7. The quantitative estimate of drug-likeness (QED) is 0.515. The standard InChI is InChI=1S/C25H23FN4O4/c1-14-8-3-4-9-16(14)23(31)28-27-19-12-7-13-20-21(19)15(2)22(34-20)25(33)30-29-24(32)17-10-5-6-11-18(17)26/h3-6,8-11H,7,12-13H2,1-2H3,(H,28,31)(H,29,32)(H,30,33)/b27-19+. The molecule has 0 bridgehead atoms. The Morgan fingerprint density at radius 2 is 1.56 bits per heavy atom. The number of hydrogen-bond donors (Lipinski definition) is 3. The van der Waals surface area contributed by atoms with Crippen molar-refractivity contribution in [2.75, 3.05) is 0 Å². The average Bonchev–Trinajstić information content (AvgIpc) is 3.18. The van der Waals surface area contributed by atoms with Crippen LogP contribution in [0.5, 0.6) is 0 Å². The Hall–Kier alpha value is -4.27. The smallest absolute Gasteiger partial charge is 0.305 e. The summed E-state index contributed by atoms with van der Waals surface area (Å²) in [7, 11) is 0. The van der Waals surface area contributed by atoms with Crippen molar-refractivity contribution in [1.82, 2.24) is 16.3 Å². The topological polar surface area (TPSA) is 113 Å². The van der Waals surface area contributed by atoms with Gasteiger partial charge in [0.25, 0.3) is 11.8 Å². The Labute approximate surface area is 195 Å². The van der Waals surface area contributed by atoms with Gasteiger partial charge in [-0.15, -0.1) is 0 Å². The lowest BCUT2D eigenvalue weighted by Gasteiger charge is -2.13. The van der Waals surface area contributed by atoms with Gasteiger partial charge in [-0.1, -0.05) is 30.3 Å². The average molecular weight is 462 g/mol. The first-order valence-electron chi connectivity index (χ1n) is 10.8. The number of amides is 3. The van der Waals surface area contributed by atoms with Gasteiger partial charge in [-0.25, -0.2) is 9.82 Å². The second kappa shape index (κ2) is 9.70. The Balaban J connectivity index is 1.50. The van der Waals surface area contributed by atoms with Crippen LogP contribution in [0, 0.1) is 19.7 Å². The summed E-state index contributed by atoms with van der Waals surface area (Å²) in [6.45, 7) is 3.55. The van der Waals surface area contributed by atoms with Crippen molar-refractivity contribution >= 4 is 23.4 Å². The number of nitrogens with zero attached hydrogens (tertiary/aromatic N) is 1. The predicted octanol–water partition coefficient (Wildman–Crippen LogP) is 3.58. The van der Waals surface area contributed by atoms with Crippen molar-refractivity contribution in [3.8, 4) is 0 Å². The summed E-state index contributed by atoms with van der Waals surface area (Å²) in [6, 6.07) is 12.6. The van der Waals surface area contributed by atoms with E-state index in [0.717, 1.165) is 18.1 Å². The molecule has 0 saturated heterocycles. The Kier molecular flexibility index (Phi) is 6.53. The number of hydrogen-bond acceptors (Lipinski definition) is 5. The molecule has 4 rings (SSSR count). The van der Waals surface area contributed by atoms with Crippen LogP contribution >= 0.6 is 0 Å². The minimum absolute atomic E-state index is 0.0127. The fourth-order valence-electron chi connectivity index (χ4n) is 3.89. The molecule has 0 unspecified atom stereocenters. The molecule has 0 fully saturated rings. The maximum absolute atomic E-state index is 13.8. The Bertz CT molecular complexity index is 1310. The number of carbonyl (C=O) groups is 3. The lowest BCUT2D eigenvalue weighted by Crippen LogP contribution is -2.42. The fourth-order valence-corrected chi connectivity index (χ4v) is 3.89. The summed E-state index contributed by atoms with van der Waals surface area (Å²) in [4.78, 5) is 37.4. The number of hydrazone groups is 1. The van der Waals surface area contributed by atoms with Gasteiger partial charge in [0.1, 0.15) is 11.6 Å². The summed E-state index contributed by atoms with van der Waals surface area (Å²) in [5.74, 6) is -1.90. The molecule has 3 amide bonds. The molecule has 0 radical (unpaired) electrons. The summed E-state index contributed by atoms with van der Waals surface area (Å²) < 4.78 is 19.5. The first-order chi connectivity index (χ1) is 16.4. The lowest BCUT2D eigenvalue weighted by atomic mass is 9.93. The largest absolute Gasteiger partial charge is 0.455 e. The third kappa shape index (κ3) is 4.59. The van der Waals surface area contributed by atoms with Gasteiger partial charge in [0, 0.05) is 23.1 Å². The van der Waals surface area contributed by atoms with Crippen LogP contribution in [0.25, 0.3) is 0 Å². The van der Waals surface area contributed by atoms with E-state index < -0.39 is 17.6 Å². The van der Waals surface area contributed by atoms with E-state index in [-0.39, 0.29) is 17.2 Å². The number of halogens is 1. The van der Waals surface area contributed by atoms with E-state index in [1.165, 1.54) is 18.2 Å². The summed E-state index contributed by atoms with van der Waals surface area (Å²) >= 11 is 0.